The number of nitrogens with one attached hydrogen (secondary N) is 1. The van der Waals surface area contributed by atoms with E-state index in [0.29, 0.717) is 0 Å². The second kappa shape index (κ2) is 4.68. The Labute approximate surface area is 89.5 Å². The molecule has 1 aromatic carbocycles. The fraction of sp³-hybridized carbons (Fsp3) is 0.364. The number of urea groups is 1. The fourth-order valence-electron chi connectivity index (χ4n) is 1.14. The van der Waals surface area contributed by atoms with Crippen LogP contribution < -0.4 is 10.2 Å². The molecule has 0 saturated heterocycles. The molecule has 1 aromatic rings. The van der Waals surface area contributed by atoms with E-state index in [1.165, 1.54) is 4.90 Å². The second-order valence-corrected chi connectivity index (χ2v) is 3.68. The van der Waals surface area contributed by atoms with Crippen molar-refractivity contribution in [1.29, 1.82) is 0 Å². The molecule has 0 aliphatic heterocycles. The van der Waals surface area contributed by atoms with Gasteiger partial charge in [0, 0.05) is 18.8 Å². The number of aromatic hydroxyl groups is 1. The van der Waals surface area contributed by atoms with Gasteiger partial charge in [0.25, 0.3) is 0 Å². The van der Waals surface area contributed by atoms with E-state index in [1.807, 2.05) is 13.8 Å². The maximum Gasteiger partial charge on any atom is 0.321 e. The highest BCUT2D eigenvalue weighted by atomic mass is 16.3. The fourth-order valence-corrected chi connectivity index (χ4v) is 1.14. The Kier molecular flexibility index (Phi) is 3.55. The molecule has 0 radical (unpaired) electrons. The monoisotopic (exact) mass is 208 g/mol. The molecular weight excluding hydrogens is 192 g/mol. The van der Waals surface area contributed by atoms with Gasteiger partial charge >= 0.3 is 6.03 Å². The maximum absolute atomic E-state index is 11.6. The van der Waals surface area contributed by atoms with E-state index in [2.05, 4.69) is 5.32 Å². The molecule has 4 heteroatoms. The largest absolute Gasteiger partial charge is 0.508 e. The summed E-state index contributed by atoms with van der Waals surface area (Å²) >= 11 is 0. The number of phenolic OH excluding ortho intramolecular Hbond substituents is 1. The summed E-state index contributed by atoms with van der Waals surface area (Å²) in [6.07, 6.45) is 0. The van der Waals surface area contributed by atoms with E-state index in [1.54, 1.807) is 31.3 Å². The number of nitrogens with zero attached hydrogens (tertiary/aromatic N) is 1. The summed E-state index contributed by atoms with van der Waals surface area (Å²) in [5.74, 6) is 0.191. The zero-order chi connectivity index (χ0) is 11.4. The van der Waals surface area contributed by atoms with Crippen molar-refractivity contribution in [3.8, 4) is 5.75 Å². The number of carbonyl (C=O) groups is 1. The number of anilines is 1. The zero-order valence-corrected chi connectivity index (χ0v) is 9.19. The first-order valence-electron chi connectivity index (χ1n) is 4.84. The molecule has 0 unspecified atom stereocenters. The standard InChI is InChI=1S/C11H16N2O2/c1-8(2)12-11(15)13(3)9-4-6-10(14)7-5-9/h4-8,14H,1-3H3,(H,12,15). The van der Waals surface area contributed by atoms with E-state index in [-0.39, 0.29) is 17.8 Å². The average Bonchev–Trinajstić information content (AvgIpc) is 2.17. The van der Waals surface area contributed by atoms with Crippen LogP contribution >= 0.6 is 0 Å². The van der Waals surface area contributed by atoms with E-state index < -0.39 is 0 Å². The molecule has 0 fully saturated rings. The summed E-state index contributed by atoms with van der Waals surface area (Å²) in [6, 6.07) is 6.43. The molecule has 4 nitrogen and oxygen atoms in total. The van der Waals surface area contributed by atoms with Crippen LogP contribution in [0.25, 0.3) is 0 Å². The number of amides is 2. The lowest BCUT2D eigenvalue weighted by Crippen LogP contribution is -2.40. The van der Waals surface area contributed by atoms with Gasteiger partial charge in [0.05, 0.1) is 0 Å². The van der Waals surface area contributed by atoms with Crippen molar-refractivity contribution in [3.05, 3.63) is 24.3 Å². The molecule has 0 saturated carbocycles. The smallest absolute Gasteiger partial charge is 0.321 e. The van der Waals surface area contributed by atoms with E-state index in [0.717, 1.165) is 5.69 Å². The Morgan fingerprint density at radius 1 is 1.33 bits per heavy atom. The summed E-state index contributed by atoms with van der Waals surface area (Å²) in [4.78, 5) is 13.1. The van der Waals surface area contributed by atoms with Gasteiger partial charge in [0.15, 0.2) is 0 Å². The number of hydrogen-bond donors (Lipinski definition) is 2. The predicted octanol–water partition coefficient (Wildman–Crippen LogP) is 1.95. The third kappa shape index (κ3) is 3.16. The van der Waals surface area contributed by atoms with E-state index in [4.69, 9.17) is 5.11 Å². The Balaban J connectivity index is 2.71. The molecule has 2 N–H and O–H groups in total. The van der Waals surface area contributed by atoms with Gasteiger partial charge in [-0.3, -0.25) is 4.90 Å². The first-order chi connectivity index (χ1) is 7.00. The summed E-state index contributed by atoms with van der Waals surface area (Å²) in [7, 11) is 1.68. The van der Waals surface area contributed by atoms with Crippen LogP contribution in [-0.2, 0) is 0 Å². The van der Waals surface area contributed by atoms with Gasteiger partial charge in [-0.1, -0.05) is 0 Å². The van der Waals surface area contributed by atoms with Crippen molar-refractivity contribution in [2.75, 3.05) is 11.9 Å². The molecule has 0 bridgehead atoms. The first kappa shape index (κ1) is 11.4. The maximum atomic E-state index is 11.6. The quantitative estimate of drug-likeness (QED) is 0.780. The minimum absolute atomic E-state index is 0.108. The van der Waals surface area contributed by atoms with Crippen LogP contribution in [0.5, 0.6) is 5.75 Å². The molecule has 0 aliphatic carbocycles. The predicted molar refractivity (Wildman–Crippen MR) is 60.2 cm³/mol. The summed E-state index contributed by atoms with van der Waals surface area (Å²) in [5, 5.41) is 11.9. The Hall–Kier alpha value is -1.71. The molecule has 0 aliphatic rings. The van der Waals surface area contributed by atoms with Gasteiger partial charge < -0.3 is 10.4 Å². The summed E-state index contributed by atoms with van der Waals surface area (Å²) < 4.78 is 0. The minimum atomic E-state index is -0.157. The van der Waals surface area contributed by atoms with Gasteiger partial charge in [-0.05, 0) is 38.1 Å². The topological polar surface area (TPSA) is 52.6 Å². The average molecular weight is 208 g/mol. The first-order valence-corrected chi connectivity index (χ1v) is 4.84. The van der Waals surface area contributed by atoms with Crippen molar-refractivity contribution in [2.24, 2.45) is 0 Å². The van der Waals surface area contributed by atoms with Crippen molar-refractivity contribution >= 4 is 11.7 Å². The van der Waals surface area contributed by atoms with Crippen molar-refractivity contribution in [3.63, 3.8) is 0 Å². The highest BCUT2D eigenvalue weighted by Crippen LogP contribution is 2.17. The van der Waals surface area contributed by atoms with Gasteiger partial charge in [-0.2, -0.15) is 0 Å². The van der Waals surface area contributed by atoms with Crippen LogP contribution in [0.4, 0.5) is 10.5 Å². The molecule has 0 spiro atoms. The lowest BCUT2D eigenvalue weighted by atomic mass is 10.3. The Bertz CT molecular complexity index is 333. The van der Waals surface area contributed by atoms with Gasteiger partial charge in [0.2, 0.25) is 0 Å². The molecule has 82 valence electrons. The van der Waals surface area contributed by atoms with E-state index in [9.17, 15) is 4.79 Å². The van der Waals surface area contributed by atoms with Gasteiger partial charge in [-0.15, -0.1) is 0 Å². The highest BCUT2D eigenvalue weighted by molar-refractivity contribution is 5.91. The number of hydrogen-bond acceptors (Lipinski definition) is 2. The Morgan fingerprint density at radius 2 is 1.87 bits per heavy atom. The van der Waals surface area contributed by atoms with Crippen LogP contribution in [0.3, 0.4) is 0 Å². The molecule has 0 heterocycles. The molecule has 0 atom stereocenters. The lowest BCUT2D eigenvalue weighted by molar-refractivity contribution is 0.245. The number of phenols is 1. The zero-order valence-electron chi connectivity index (χ0n) is 9.19. The van der Waals surface area contributed by atoms with Crippen molar-refractivity contribution < 1.29 is 9.90 Å². The number of benzene rings is 1. The second-order valence-electron chi connectivity index (χ2n) is 3.68. The van der Waals surface area contributed by atoms with E-state index >= 15 is 0 Å². The summed E-state index contributed by atoms with van der Waals surface area (Å²) in [6.45, 7) is 3.81. The molecule has 1 rings (SSSR count). The van der Waals surface area contributed by atoms with Crippen LogP contribution in [0.1, 0.15) is 13.8 Å². The number of carbonyl (C=O) groups excluding carboxylic acids is 1. The molecule has 15 heavy (non-hydrogen) atoms. The highest BCUT2D eigenvalue weighted by Gasteiger charge is 2.10. The summed E-state index contributed by atoms with van der Waals surface area (Å²) in [5.41, 5.74) is 0.742. The van der Waals surface area contributed by atoms with Crippen LogP contribution in [0.15, 0.2) is 24.3 Å². The third-order valence-electron chi connectivity index (χ3n) is 1.95. The Morgan fingerprint density at radius 3 is 2.33 bits per heavy atom. The molecule has 2 amide bonds. The number of rotatable bonds is 2. The van der Waals surface area contributed by atoms with Crippen LogP contribution in [-0.4, -0.2) is 24.2 Å². The molecular formula is C11H16N2O2. The minimum Gasteiger partial charge on any atom is -0.508 e. The van der Waals surface area contributed by atoms with Crippen LogP contribution in [0.2, 0.25) is 0 Å². The van der Waals surface area contributed by atoms with Crippen LogP contribution in [0, 0.1) is 0 Å². The van der Waals surface area contributed by atoms with Gasteiger partial charge in [0.1, 0.15) is 5.75 Å². The normalized spacial score (nSPS) is 10.1. The lowest BCUT2D eigenvalue weighted by Gasteiger charge is -2.19. The van der Waals surface area contributed by atoms with Crippen molar-refractivity contribution in [1.82, 2.24) is 5.32 Å². The van der Waals surface area contributed by atoms with Crippen molar-refractivity contribution in [2.45, 2.75) is 19.9 Å². The van der Waals surface area contributed by atoms with Gasteiger partial charge in [-0.25, -0.2) is 4.79 Å². The SMILES string of the molecule is CC(C)NC(=O)N(C)c1ccc(O)cc1. The molecule has 0 aromatic heterocycles. The third-order valence-corrected chi connectivity index (χ3v) is 1.95.